The lowest BCUT2D eigenvalue weighted by Crippen LogP contribution is -2.27. The molecule has 2 atom stereocenters. The number of nitrogens with one attached hydrogen (secondary N) is 1. The highest BCUT2D eigenvalue weighted by Gasteiger charge is 2.38. The number of aromatic nitrogens is 7. The zero-order chi connectivity index (χ0) is 37.2. The van der Waals surface area contributed by atoms with Crippen molar-refractivity contribution < 1.29 is 41.0 Å². The Morgan fingerprint density at radius 1 is 1.06 bits per heavy atom. The fourth-order valence-electron chi connectivity index (χ4n) is 5.49. The summed E-state index contributed by atoms with van der Waals surface area (Å²) in [6.45, 7) is -1.04. The summed E-state index contributed by atoms with van der Waals surface area (Å²) in [6.07, 6.45) is 3.34. The quantitative estimate of drug-likeness (QED) is 0.193. The van der Waals surface area contributed by atoms with Gasteiger partial charge in [-0.15, -0.1) is 0 Å². The molecule has 0 saturated carbocycles. The Hall–Kier alpha value is -5.52. The van der Waals surface area contributed by atoms with Gasteiger partial charge in [0, 0.05) is 48.1 Å². The molecule has 5 heterocycles. The van der Waals surface area contributed by atoms with Gasteiger partial charge in [0.15, 0.2) is 5.82 Å². The number of aryl methyl sites for hydroxylation is 1. The number of carbonyl (C=O) groups excluding carboxylic acids is 1. The summed E-state index contributed by atoms with van der Waals surface area (Å²) in [5.41, 5.74) is 2.38. The second kappa shape index (κ2) is 14.8. The number of rotatable bonds is 4. The van der Waals surface area contributed by atoms with Gasteiger partial charge in [-0.05, 0) is 36.6 Å². The maximum atomic E-state index is 15.5. The number of fused-ring (bicyclic) bond motifs is 4. The van der Waals surface area contributed by atoms with Gasteiger partial charge in [-0.2, -0.15) is 32.1 Å². The van der Waals surface area contributed by atoms with E-state index in [1.54, 1.807) is 30.2 Å². The molecule has 51 heavy (non-hydrogen) atoms. The molecule has 2 N–H and O–H groups in total. The highest BCUT2D eigenvalue weighted by atomic mass is 35.5. The standard InChI is InChI=1S/C30H26ClF3N8O2.C2HF3O2/c1-16-4-3-5-24(21-10-17(8-9-35-21)28-23(39-29(16)44)13-37-40(28)2)41-15-36-22(11-25(41)43)26-19(6-7-20(31)27(26)32)18-12-38-42(14-18)30(33)34;3-2(4,5)1(6)7/h6-16,24,30H,3-5H2,1-2H3,(H,39,44);(H,6,7)/t16-,24+;/m1./s1. The van der Waals surface area contributed by atoms with Crippen LogP contribution >= 0.6 is 11.6 Å². The summed E-state index contributed by atoms with van der Waals surface area (Å²) >= 11 is 6.09. The highest BCUT2D eigenvalue weighted by Crippen LogP contribution is 2.37. The van der Waals surface area contributed by atoms with E-state index in [9.17, 15) is 31.5 Å². The van der Waals surface area contributed by atoms with Crippen LogP contribution in [0, 0.1) is 11.7 Å². The normalized spacial score (nSPS) is 16.3. The van der Waals surface area contributed by atoms with E-state index in [2.05, 4.69) is 25.5 Å². The zero-order valence-electron chi connectivity index (χ0n) is 26.6. The number of carboxylic acid groups (broad SMARTS) is 1. The number of pyridine rings is 1. The number of benzene rings is 1. The van der Waals surface area contributed by atoms with Crippen molar-refractivity contribution in [1.82, 2.24) is 34.1 Å². The van der Waals surface area contributed by atoms with E-state index in [4.69, 9.17) is 21.5 Å². The Morgan fingerprint density at radius 3 is 2.43 bits per heavy atom. The minimum Gasteiger partial charge on any atom is -0.475 e. The number of anilines is 1. The monoisotopic (exact) mass is 736 g/mol. The van der Waals surface area contributed by atoms with Crippen molar-refractivity contribution in [3.05, 3.63) is 88.3 Å². The van der Waals surface area contributed by atoms with Crippen LogP contribution in [0.4, 0.5) is 32.0 Å². The molecule has 12 nitrogen and oxygen atoms in total. The molecule has 0 unspecified atom stereocenters. The molecule has 1 aromatic carbocycles. The lowest BCUT2D eigenvalue weighted by Gasteiger charge is -2.22. The lowest BCUT2D eigenvalue weighted by atomic mass is 9.96. The minimum atomic E-state index is -5.08. The van der Waals surface area contributed by atoms with Crippen LogP contribution in [0.25, 0.3) is 33.6 Å². The molecular formula is C32H27ClF6N8O4. The summed E-state index contributed by atoms with van der Waals surface area (Å²) in [5.74, 6) is -4.04. The van der Waals surface area contributed by atoms with Crippen LogP contribution in [0.2, 0.25) is 5.02 Å². The van der Waals surface area contributed by atoms with Gasteiger partial charge < -0.3 is 10.4 Å². The zero-order valence-corrected chi connectivity index (χ0v) is 27.3. The summed E-state index contributed by atoms with van der Waals surface area (Å²) < 4.78 is 77.1. The summed E-state index contributed by atoms with van der Waals surface area (Å²) in [7, 11) is 1.77. The van der Waals surface area contributed by atoms with Gasteiger partial charge in [0.25, 0.3) is 5.56 Å². The first kappa shape index (κ1) is 36.8. The van der Waals surface area contributed by atoms with Gasteiger partial charge in [0.2, 0.25) is 5.91 Å². The van der Waals surface area contributed by atoms with Crippen LogP contribution in [0.5, 0.6) is 0 Å². The Kier molecular flexibility index (Phi) is 10.6. The number of hydrogen-bond acceptors (Lipinski definition) is 7. The van der Waals surface area contributed by atoms with Crippen molar-refractivity contribution in [1.29, 1.82) is 0 Å². The van der Waals surface area contributed by atoms with Crippen LogP contribution in [0.15, 0.2) is 66.2 Å². The van der Waals surface area contributed by atoms with E-state index in [-0.39, 0.29) is 39.2 Å². The van der Waals surface area contributed by atoms with E-state index in [1.165, 1.54) is 35.3 Å². The second-order valence-electron chi connectivity index (χ2n) is 11.4. The maximum absolute atomic E-state index is 15.5. The van der Waals surface area contributed by atoms with Gasteiger partial charge in [0.05, 0.1) is 52.6 Å². The molecule has 0 aliphatic carbocycles. The predicted octanol–water partition coefficient (Wildman–Crippen LogP) is 6.74. The van der Waals surface area contributed by atoms with Crippen molar-refractivity contribution in [3.8, 4) is 33.6 Å². The summed E-state index contributed by atoms with van der Waals surface area (Å²) in [4.78, 5) is 44.5. The third-order valence-corrected chi connectivity index (χ3v) is 8.32. The Balaban J connectivity index is 0.000000654. The van der Waals surface area contributed by atoms with Gasteiger partial charge in [-0.25, -0.2) is 18.9 Å². The highest BCUT2D eigenvalue weighted by molar-refractivity contribution is 6.31. The first-order valence-corrected chi connectivity index (χ1v) is 15.4. The Morgan fingerprint density at radius 2 is 1.78 bits per heavy atom. The molecule has 2 bridgehead atoms. The maximum Gasteiger partial charge on any atom is 0.490 e. The van der Waals surface area contributed by atoms with E-state index in [0.717, 1.165) is 11.8 Å². The molecule has 268 valence electrons. The third kappa shape index (κ3) is 7.95. The molecule has 0 spiro atoms. The molecule has 1 amide bonds. The van der Waals surface area contributed by atoms with Crippen molar-refractivity contribution in [2.24, 2.45) is 13.0 Å². The van der Waals surface area contributed by atoms with Gasteiger partial charge in [0.1, 0.15) is 0 Å². The van der Waals surface area contributed by atoms with Crippen LogP contribution in [-0.2, 0) is 16.6 Å². The van der Waals surface area contributed by atoms with Crippen LogP contribution in [-0.4, -0.2) is 57.3 Å². The number of hydrogen-bond donors (Lipinski definition) is 2. The Bertz CT molecular complexity index is 2150. The first-order chi connectivity index (χ1) is 24.1. The summed E-state index contributed by atoms with van der Waals surface area (Å²) in [5, 5.41) is 17.8. The number of carbonyl (C=O) groups is 2. The van der Waals surface area contributed by atoms with E-state index in [0.29, 0.717) is 41.0 Å². The van der Waals surface area contributed by atoms with Gasteiger partial charge in [-0.1, -0.05) is 31.0 Å². The van der Waals surface area contributed by atoms with Crippen molar-refractivity contribution >= 4 is 29.2 Å². The molecule has 4 aromatic heterocycles. The van der Waals surface area contributed by atoms with E-state index >= 15 is 4.39 Å². The van der Waals surface area contributed by atoms with E-state index in [1.807, 2.05) is 13.0 Å². The van der Waals surface area contributed by atoms with Gasteiger partial charge in [-0.3, -0.25) is 23.8 Å². The fraction of sp³-hybridized carbons (Fsp3) is 0.281. The average molecular weight is 737 g/mol. The van der Waals surface area contributed by atoms with Crippen LogP contribution < -0.4 is 10.9 Å². The molecular weight excluding hydrogens is 710 g/mol. The lowest BCUT2D eigenvalue weighted by molar-refractivity contribution is -0.192. The molecule has 19 heteroatoms. The molecule has 0 saturated heterocycles. The number of alkyl halides is 5. The van der Waals surface area contributed by atoms with Crippen molar-refractivity contribution in [2.45, 2.75) is 45.0 Å². The van der Waals surface area contributed by atoms with Crippen LogP contribution in [0.1, 0.15) is 44.5 Å². The van der Waals surface area contributed by atoms with Gasteiger partial charge >= 0.3 is 18.7 Å². The minimum absolute atomic E-state index is 0.0225. The van der Waals surface area contributed by atoms with Crippen molar-refractivity contribution in [2.75, 3.05) is 5.32 Å². The van der Waals surface area contributed by atoms with Crippen molar-refractivity contribution in [3.63, 3.8) is 0 Å². The molecule has 0 fully saturated rings. The SMILES string of the molecule is C[C@@H]1CCC[C@H](n2cnc(-c3c(-c4cnn(C(F)F)c4)ccc(Cl)c3F)cc2=O)c2cc(ccn2)-c2c(cnn2C)NC1=O.O=C(O)C(F)(F)F. The molecule has 0 radical (unpaired) electrons. The predicted molar refractivity (Wildman–Crippen MR) is 171 cm³/mol. The van der Waals surface area contributed by atoms with Crippen LogP contribution in [0.3, 0.4) is 0 Å². The molecule has 5 aromatic rings. The number of aliphatic carboxylic acids is 1. The average Bonchev–Trinajstić information content (AvgIpc) is 3.71. The summed E-state index contributed by atoms with van der Waals surface area (Å²) in [6, 6.07) is 7.04. The topological polar surface area (TPSA) is 150 Å². The number of halogens is 7. The molecule has 1 aliphatic rings. The Labute approximate surface area is 289 Å². The smallest absolute Gasteiger partial charge is 0.475 e. The fourth-order valence-corrected chi connectivity index (χ4v) is 5.65. The number of carboxylic acids is 1. The number of nitrogens with zero attached hydrogens (tertiary/aromatic N) is 7. The molecule has 6 rings (SSSR count). The third-order valence-electron chi connectivity index (χ3n) is 8.03. The second-order valence-corrected chi connectivity index (χ2v) is 11.8. The molecule has 1 aliphatic heterocycles. The first-order valence-electron chi connectivity index (χ1n) is 15.0. The van der Waals surface area contributed by atoms with E-state index < -0.39 is 36.1 Å². The number of amides is 1. The largest absolute Gasteiger partial charge is 0.490 e.